The molecule has 2 rings (SSSR count). The van der Waals surface area contributed by atoms with Crippen molar-refractivity contribution in [3.8, 4) is 6.07 Å². The second kappa shape index (κ2) is 9.09. The van der Waals surface area contributed by atoms with Crippen LogP contribution in [0.15, 0.2) is 18.2 Å². The van der Waals surface area contributed by atoms with Crippen LogP contribution in [0.5, 0.6) is 0 Å². The minimum atomic E-state index is -0.556. The highest BCUT2D eigenvalue weighted by molar-refractivity contribution is 5.85. The molecule has 7 heteroatoms. The van der Waals surface area contributed by atoms with Gasteiger partial charge in [-0.2, -0.15) is 5.26 Å². The number of nitrogens with one attached hydrogen (secondary N) is 1. The summed E-state index contributed by atoms with van der Waals surface area (Å²) in [5, 5.41) is 12.0. The fraction of sp³-hybridized carbons (Fsp3) is 0.462. The average molecular weight is 324 g/mol. The van der Waals surface area contributed by atoms with Crippen LogP contribution in [0.4, 0.5) is 8.78 Å². The Bertz CT molecular complexity index is 459. The Labute approximate surface area is 129 Å². The van der Waals surface area contributed by atoms with E-state index in [1.54, 1.807) is 12.1 Å². The maximum atomic E-state index is 13.2. The number of nitriles is 1. The van der Waals surface area contributed by atoms with Crippen molar-refractivity contribution < 1.29 is 8.78 Å². The van der Waals surface area contributed by atoms with E-state index in [2.05, 4.69) is 5.32 Å². The van der Waals surface area contributed by atoms with Gasteiger partial charge in [0.15, 0.2) is 0 Å². The fourth-order valence-corrected chi connectivity index (χ4v) is 2.23. The topological polar surface area (TPSA) is 39.1 Å². The van der Waals surface area contributed by atoms with E-state index < -0.39 is 12.5 Å². The van der Waals surface area contributed by atoms with Gasteiger partial charge in [-0.25, -0.2) is 8.78 Å². The molecule has 1 aliphatic heterocycles. The number of halogens is 4. The Hall–Kier alpha value is -0.930. The van der Waals surface area contributed by atoms with E-state index >= 15 is 0 Å². The minimum absolute atomic E-state index is 0. The van der Waals surface area contributed by atoms with E-state index in [4.69, 9.17) is 5.26 Å². The molecule has 1 aliphatic rings. The molecule has 0 aromatic heterocycles. The molecule has 1 atom stereocenters. The molecular weight excluding hydrogens is 307 g/mol. The molecule has 112 valence electrons. The van der Waals surface area contributed by atoms with Gasteiger partial charge in [0.25, 0.3) is 0 Å². The Morgan fingerprint density at radius 3 is 2.50 bits per heavy atom. The highest BCUT2D eigenvalue weighted by Gasteiger charge is 2.22. The van der Waals surface area contributed by atoms with E-state index in [0.717, 1.165) is 26.2 Å². The zero-order valence-electron chi connectivity index (χ0n) is 10.8. The summed E-state index contributed by atoms with van der Waals surface area (Å²) in [5.41, 5.74) is 0.637. The molecule has 0 spiro atoms. The molecule has 1 aromatic rings. The van der Waals surface area contributed by atoms with Crippen molar-refractivity contribution in [2.24, 2.45) is 0 Å². The monoisotopic (exact) mass is 323 g/mol. The van der Waals surface area contributed by atoms with E-state index in [9.17, 15) is 8.78 Å². The number of nitrogens with zero attached hydrogens (tertiary/aromatic N) is 2. The molecule has 1 saturated heterocycles. The quantitative estimate of drug-likeness (QED) is 0.928. The van der Waals surface area contributed by atoms with Crippen molar-refractivity contribution >= 4 is 24.8 Å². The predicted octanol–water partition coefficient (Wildman–Crippen LogP) is 2.46. The third-order valence-corrected chi connectivity index (χ3v) is 3.23. The summed E-state index contributed by atoms with van der Waals surface area (Å²) in [4.78, 5) is 2.02. The maximum Gasteiger partial charge on any atom is 0.140 e. The van der Waals surface area contributed by atoms with Gasteiger partial charge in [0.1, 0.15) is 18.6 Å². The van der Waals surface area contributed by atoms with Crippen molar-refractivity contribution in [3.63, 3.8) is 0 Å². The normalized spacial score (nSPS) is 16.4. The van der Waals surface area contributed by atoms with Gasteiger partial charge >= 0.3 is 0 Å². The summed E-state index contributed by atoms with van der Waals surface area (Å²) >= 11 is 0. The van der Waals surface area contributed by atoms with Crippen LogP contribution in [0.2, 0.25) is 0 Å². The molecule has 0 amide bonds. The first kappa shape index (κ1) is 19.1. The van der Waals surface area contributed by atoms with E-state index in [1.807, 2.05) is 4.90 Å². The van der Waals surface area contributed by atoms with Crippen molar-refractivity contribution in [3.05, 3.63) is 35.1 Å². The van der Waals surface area contributed by atoms with Crippen LogP contribution in [0.1, 0.15) is 17.2 Å². The lowest BCUT2D eigenvalue weighted by atomic mass is 10.0. The number of alkyl halides is 1. The molecule has 1 N–H and O–H groups in total. The number of hydrogen-bond donors (Lipinski definition) is 1. The lowest BCUT2D eigenvalue weighted by Crippen LogP contribution is -2.45. The van der Waals surface area contributed by atoms with Crippen LogP contribution in [-0.4, -0.2) is 37.8 Å². The second-order valence-corrected chi connectivity index (χ2v) is 4.31. The van der Waals surface area contributed by atoms with Gasteiger partial charge in [0.05, 0.1) is 11.6 Å². The van der Waals surface area contributed by atoms with Gasteiger partial charge in [0.2, 0.25) is 0 Å². The first-order valence-electron chi connectivity index (χ1n) is 5.96. The Morgan fingerprint density at radius 2 is 1.95 bits per heavy atom. The van der Waals surface area contributed by atoms with Crippen LogP contribution < -0.4 is 5.32 Å². The number of piperazine rings is 1. The summed E-state index contributed by atoms with van der Waals surface area (Å²) in [7, 11) is 0. The van der Waals surface area contributed by atoms with Crippen molar-refractivity contribution in [1.29, 1.82) is 5.26 Å². The standard InChI is InChI=1S/C13H15F2N3.2ClH/c14-8-13(18-5-3-17-4-6-18)10-1-2-12(15)11(7-10)9-16;;/h1-2,7,13,17H,3-6,8H2;2*1H/t13-;;/m0../s1. The molecule has 0 bridgehead atoms. The van der Waals surface area contributed by atoms with E-state index in [0.29, 0.717) is 5.56 Å². The third kappa shape index (κ3) is 4.29. The number of hydrogen-bond acceptors (Lipinski definition) is 3. The Kier molecular flexibility index (Phi) is 8.67. The van der Waals surface area contributed by atoms with Gasteiger partial charge < -0.3 is 5.32 Å². The van der Waals surface area contributed by atoms with E-state index in [1.165, 1.54) is 12.1 Å². The summed E-state index contributed by atoms with van der Waals surface area (Å²) in [6.45, 7) is 2.63. The molecular formula is C13H17Cl2F2N3. The molecule has 0 radical (unpaired) electrons. The number of rotatable bonds is 3. The van der Waals surface area contributed by atoms with Crippen LogP contribution in [0, 0.1) is 17.1 Å². The first-order valence-corrected chi connectivity index (χ1v) is 5.96. The minimum Gasteiger partial charge on any atom is -0.314 e. The van der Waals surface area contributed by atoms with Gasteiger partial charge in [-0.1, -0.05) is 6.07 Å². The maximum absolute atomic E-state index is 13.2. The SMILES string of the molecule is Cl.Cl.N#Cc1cc([C@H](CF)N2CCNCC2)ccc1F. The fourth-order valence-electron chi connectivity index (χ4n) is 2.23. The second-order valence-electron chi connectivity index (χ2n) is 4.31. The van der Waals surface area contributed by atoms with Crippen LogP contribution in [0.25, 0.3) is 0 Å². The van der Waals surface area contributed by atoms with Gasteiger partial charge in [-0.05, 0) is 17.7 Å². The van der Waals surface area contributed by atoms with Gasteiger partial charge in [0, 0.05) is 26.2 Å². The summed E-state index contributed by atoms with van der Waals surface area (Å²) in [6.07, 6.45) is 0. The van der Waals surface area contributed by atoms with E-state index in [-0.39, 0.29) is 36.4 Å². The molecule has 20 heavy (non-hydrogen) atoms. The summed E-state index contributed by atoms with van der Waals surface area (Å²) in [6, 6.07) is 5.64. The lowest BCUT2D eigenvalue weighted by molar-refractivity contribution is 0.147. The highest BCUT2D eigenvalue weighted by Crippen LogP contribution is 2.23. The van der Waals surface area contributed by atoms with Gasteiger partial charge in [-0.3, -0.25) is 4.90 Å². The van der Waals surface area contributed by atoms with Crippen molar-refractivity contribution in [2.75, 3.05) is 32.9 Å². The highest BCUT2D eigenvalue weighted by atomic mass is 35.5. The molecule has 0 aliphatic carbocycles. The number of benzene rings is 1. The third-order valence-electron chi connectivity index (χ3n) is 3.23. The smallest absolute Gasteiger partial charge is 0.140 e. The molecule has 1 aromatic carbocycles. The molecule has 1 fully saturated rings. The van der Waals surface area contributed by atoms with Crippen LogP contribution >= 0.6 is 24.8 Å². The van der Waals surface area contributed by atoms with Gasteiger partial charge in [-0.15, -0.1) is 24.8 Å². The summed E-state index contributed by atoms with van der Waals surface area (Å²) in [5.74, 6) is -0.556. The first-order chi connectivity index (χ1) is 8.76. The lowest BCUT2D eigenvalue weighted by Gasteiger charge is -2.33. The molecule has 0 unspecified atom stereocenters. The van der Waals surface area contributed by atoms with Crippen molar-refractivity contribution in [1.82, 2.24) is 10.2 Å². The zero-order valence-corrected chi connectivity index (χ0v) is 12.4. The van der Waals surface area contributed by atoms with Crippen LogP contribution in [0.3, 0.4) is 0 Å². The zero-order chi connectivity index (χ0) is 13.0. The largest absolute Gasteiger partial charge is 0.314 e. The van der Waals surface area contributed by atoms with Crippen molar-refractivity contribution in [2.45, 2.75) is 6.04 Å². The molecule has 0 saturated carbocycles. The molecule has 1 heterocycles. The summed E-state index contributed by atoms with van der Waals surface area (Å²) < 4.78 is 26.5. The Morgan fingerprint density at radius 1 is 1.30 bits per heavy atom. The van der Waals surface area contributed by atoms with Crippen LogP contribution in [-0.2, 0) is 0 Å². The Balaban J connectivity index is 0.00000180. The average Bonchev–Trinajstić information content (AvgIpc) is 2.42. The molecule has 3 nitrogen and oxygen atoms in total. The predicted molar refractivity (Wildman–Crippen MR) is 78.8 cm³/mol.